The van der Waals surface area contributed by atoms with E-state index in [-0.39, 0.29) is 24.5 Å². The van der Waals surface area contributed by atoms with Crippen LogP contribution in [0.4, 0.5) is 0 Å². The van der Waals surface area contributed by atoms with E-state index in [0.29, 0.717) is 25.1 Å². The molecule has 114 valence electrons. The highest BCUT2D eigenvalue weighted by molar-refractivity contribution is 5.79. The Balaban J connectivity index is 1.89. The van der Waals surface area contributed by atoms with Gasteiger partial charge in [0.2, 0.25) is 0 Å². The minimum Gasteiger partial charge on any atom is -0.484 e. The van der Waals surface area contributed by atoms with Crippen LogP contribution in [0.5, 0.6) is 5.75 Å². The molecule has 2 atom stereocenters. The zero-order chi connectivity index (χ0) is 15.4. The van der Waals surface area contributed by atoms with Crippen LogP contribution in [0, 0.1) is 12.8 Å². The monoisotopic (exact) mass is 291 g/mol. The normalized spacial score (nSPS) is 21.9. The molecule has 2 rings (SSSR count). The second-order valence-corrected chi connectivity index (χ2v) is 5.55. The molecular formula is C16H21NO4. The van der Waals surface area contributed by atoms with Gasteiger partial charge in [0.15, 0.2) is 6.61 Å². The third kappa shape index (κ3) is 3.74. The lowest BCUT2D eigenvalue weighted by Gasteiger charge is -2.36. The molecule has 0 spiro atoms. The second-order valence-electron chi connectivity index (χ2n) is 5.55. The molecule has 5 nitrogen and oxygen atoms in total. The van der Waals surface area contributed by atoms with Gasteiger partial charge in [-0.3, -0.25) is 9.59 Å². The van der Waals surface area contributed by atoms with Crippen LogP contribution in [-0.4, -0.2) is 41.1 Å². The molecule has 1 aromatic carbocycles. The summed E-state index contributed by atoms with van der Waals surface area (Å²) in [5.41, 5.74) is 0.989. The minimum atomic E-state index is -0.773. The predicted octanol–water partition coefficient (Wildman–Crippen LogP) is 2.09. The maximum absolute atomic E-state index is 12.2. The average Bonchev–Trinajstić information content (AvgIpc) is 2.46. The maximum Gasteiger partial charge on any atom is 0.306 e. The van der Waals surface area contributed by atoms with Crippen LogP contribution in [0.25, 0.3) is 0 Å². The molecule has 1 N–H and O–H groups in total. The van der Waals surface area contributed by atoms with E-state index in [1.165, 1.54) is 0 Å². The van der Waals surface area contributed by atoms with E-state index in [0.717, 1.165) is 5.56 Å². The number of likely N-dealkylation sites (tertiary alicyclic amines) is 1. The predicted molar refractivity (Wildman–Crippen MR) is 78.2 cm³/mol. The van der Waals surface area contributed by atoms with Gasteiger partial charge in [-0.15, -0.1) is 0 Å². The first-order valence-corrected chi connectivity index (χ1v) is 7.19. The van der Waals surface area contributed by atoms with Crippen molar-refractivity contribution in [2.45, 2.75) is 32.7 Å². The molecule has 1 aliphatic rings. The molecule has 0 radical (unpaired) electrons. The number of para-hydroxylation sites is 1. The molecule has 1 fully saturated rings. The number of hydrogen-bond donors (Lipinski definition) is 1. The molecule has 1 aromatic rings. The first kappa shape index (κ1) is 15.4. The van der Waals surface area contributed by atoms with Crippen molar-refractivity contribution in [1.82, 2.24) is 4.90 Å². The summed E-state index contributed by atoms with van der Waals surface area (Å²) in [5.74, 6) is -0.500. The molecule has 1 heterocycles. The molecule has 0 aromatic heterocycles. The molecule has 0 bridgehead atoms. The zero-order valence-corrected chi connectivity index (χ0v) is 12.4. The maximum atomic E-state index is 12.2. The highest BCUT2D eigenvalue weighted by Crippen LogP contribution is 2.23. The Bertz CT molecular complexity index is 529. The van der Waals surface area contributed by atoms with Crippen molar-refractivity contribution in [1.29, 1.82) is 0 Å². The van der Waals surface area contributed by atoms with E-state index in [2.05, 4.69) is 0 Å². The lowest BCUT2D eigenvalue weighted by atomic mass is 9.92. The Kier molecular flexibility index (Phi) is 4.83. The highest BCUT2D eigenvalue weighted by Gasteiger charge is 2.32. The van der Waals surface area contributed by atoms with Gasteiger partial charge in [-0.05, 0) is 38.3 Å². The number of carboxylic acid groups (broad SMARTS) is 1. The first-order valence-electron chi connectivity index (χ1n) is 7.19. The van der Waals surface area contributed by atoms with Gasteiger partial charge in [-0.1, -0.05) is 18.2 Å². The van der Waals surface area contributed by atoms with E-state index in [4.69, 9.17) is 9.84 Å². The summed E-state index contributed by atoms with van der Waals surface area (Å²) in [5, 5.41) is 9.04. The van der Waals surface area contributed by atoms with Gasteiger partial charge < -0.3 is 14.7 Å². The summed E-state index contributed by atoms with van der Waals surface area (Å²) >= 11 is 0. The summed E-state index contributed by atoms with van der Waals surface area (Å²) < 4.78 is 5.57. The lowest BCUT2D eigenvalue weighted by molar-refractivity contribution is -0.148. The van der Waals surface area contributed by atoms with Crippen molar-refractivity contribution in [2.75, 3.05) is 13.2 Å². The van der Waals surface area contributed by atoms with Gasteiger partial charge in [0.1, 0.15) is 5.75 Å². The number of aryl methyl sites for hydroxylation is 1. The number of rotatable bonds is 4. The third-order valence-corrected chi connectivity index (χ3v) is 3.99. The number of carbonyl (C=O) groups excluding carboxylic acids is 1. The van der Waals surface area contributed by atoms with E-state index in [9.17, 15) is 9.59 Å². The number of amides is 1. The van der Waals surface area contributed by atoms with E-state index >= 15 is 0 Å². The van der Waals surface area contributed by atoms with Gasteiger partial charge in [-0.25, -0.2) is 0 Å². The lowest BCUT2D eigenvalue weighted by Crippen LogP contribution is -2.47. The molecule has 1 saturated heterocycles. The fourth-order valence-electron chi connectivity index (χ4n) is 2.71. The Morgan fingerprint density at radius 3 is 2.71 bits per heavy atom. The van der Waals surface area contributed by atoms with Crippen molar-refractivity contribution in [3.63, 3.8) is 0 Å². The summed E-state index contributed by atoms with van der Waals surface area (Å²) in [6, 6.07) is 7.49. The van der Waals surface area contributed by atoms with Crippen molar-refractivity contribution < 1.29 is 19.4 Å². The standard InChI is InChI=1S/C16H21NO4/c1-11-5-3-4-6-14(11)21-10-15(18)17-8-7-13(16(19)20)9-12(17)2/h3-6,12-13H,7-10H2,1-2H3,(H,19,20). The number of benzene rings is 1. The first-order chi connectivity index (χ1) is 9.99. The highest BCUT2D eigenvalue weighted by atomic mass is 16.5. The van der Waals surface area contributed by atoms with E-state index < -0.39 is 5.97 Å². The number of carboxylic acids is 1. The summed E-state index contributed by atoms with van der Waals surface area (Å²) in [6.07, 6.45) is 1.02. The van der Waals surface area contributed by atoms with Crippen LogP contribution in [0.15, 0.2) is 24.3 Å². The van der Waals surface area contributed by atoms with Gasteiger partial charge >= 0.3 is 5.97 Å². The largest absolute Gasteiger partial charge is 0.484 e. The quantitative estimate of drug-likeness (QED) is 0.922. The number of ether oxygens (including phenoxy) is 1. The van der Waals surface area contributed by atoms with Crippen LogP contribution in [-0.2, 0) is 9.59 Å². The van der Waals surface area contributed by atoms with Gasteiger partial charge in [0.25, 0.3) is 5.91 Å². The van der Waals surface area contributed by atoms with Crippen LogP contribution in [0.3, 0.4) is 0 Å². The van der Waals surface area contributed by atoms with Gasteiger partial charge in [-0.2, -0.15) is 0 Å². The van der Waals surface area contributed by atoms with E-state index in [1.807, 2.05) is 38.1 Å². The number of nitrogens with zero attached hydrogens (tertiary/aromatic N) is 1. The number of hydrogen-bond acceptors (Lipinski definition) is 3. The van der Waals surface area contributed by atoms with Crippen LogP contribution in [0.2, 0.25) is 0 Å². The smallest absolute Gasteiger partial charge is 0.306 e. The summed E-state index contributed by atoms with van der Waals surface area (Å²) in [6.45, 7) is 4.29. The molecule has 5 heteroatoms. The SMILES string of the molecule is Cc1ccccc1OCC(=O)N1CCC(C(=O)O)CC1C. The van der Waals surface area contributed by atoms with Crippen molar-refractivity contribution in [3.05, 3.63) is 29.8 Å². The molecule has 0 aliphatic carbocycles. The fraction of sp³-hybridized carbons (Fsp3) is 0.500. The third-order valence-electron chi connectivity index (χ3n) is 3.99. The summed E-state index contributed by atoms with van der Waals surface area (Å²) in [4.78, 5) is 24.9. The number of carbonyl (C=O) groups is 2. The summed E-state index contributed by atoms with van der Waals surface area (Å²) in [7, 11) is 0. The Labute approximate surface area is 124 Å². The fourth-order valence-corrected chi connectivity index (χ4v) is 2.71. The molecule has 0 saturated carbocycles. The minimum absolute atomic E-state index is 0.00701. The topological polar surface area (TPSA) is 66.8 Å². The van der Waals surface area contributed by atoms with Gasteiger partial charge in [0, 0.05) is 12.6 Å². The molecule has 2 unspecified atom stereocenters. The molecule has 1 amide bonds. The number of aliphatic carboxylic acids is 1. The Morgan fingerprint density at radius 2 is 2.10 bits per heavy atom. The number of piperidine rings is 1. The average molecular weight is 291 g/mol. The Morgan fingerprint density at radius 1 is 1.38 bits per heavy atom. The van der Waals surface area contributed by atoms with Crippen LogP contribution in [0.1, 0.15) is 25.3 Å². The second kappa shape index (κ2) is 6.61. The zero-order valence-electron chi connectivity index (χ0n) is 12.4. The van der Waals surface area contributed by atoms with Crippen LogP contribution >= 0.6 is 0 Å². The van der Waals surface area contributed by atoms with Crippen molar-refractivity contribution in [3.8, 4) is 5.75 Å². The van der Waals surface area contributed by atoms with E-state index in [1.54, 1.807) is 4.90 Å². The molecular weight excluding hydrogens is 270 g/mol. The van der Waals surface area contributed by atoms with Crippen LogP contribution < -0.4 is 4.74 Å². The van der Waals surface area contributed by atoms with Gasteiger partial charge in [0.05, 0.1) is 5.92 Å². The molecule has 1 aliphatic heterocycles. The Hall–Kier alpha value is -2.04. The van der Waals surface area contributed by atoms with Crippen molar-refractivity contribution in [2.24, 2.45) is 5.92 Å². The molecule has 21 heavy (non-hydrogen) atoms. The van der Waals surface area contributed by atoms with Crippen molar-refractivity contribution >= 4 is 11.9 Å².